The van der Waals surface area contributed by atoms with Crippen molar-refractivity contribution in [2.24, 2.45) is 0 Å². The maximum absolute atomic E-state index is 13.3. The Kier molecular flexibility index (Phi) is 5.05. The van der Waals surface area contributed by atoms with Crippen LogP contribution >= 0.6 is 20.8 Å². The summed E-state index contributed by atoms with van der Waals surface area (Å²) < 4.78 is 20.2. The number of benzene rings is 1. The van der Waals surface area contributed by atoms with Gasteiger partial charge < -0.3 is 23.9 Å². The van der Waals surface area contributed by atoms with E-state index < -0.39 is 24.5 Å². The number of thioether (sulfide) groups is 1. The molecule has 0 amide bonds. The Hall–Kier alpha value is -2.27. The van der Waals surface area contributed by atoms with Crippen LogP contribution in [0.15, 0.2) is 46.5 Å². The fourth-order valence-corrected chi connectivity index (χ4v) is 5.60. The van der Waals surface area contributed by atoms with Gasteiger partial charge in [-0.25, -0.2) is 9.38 Å². The zero-order valence-electron chi connectivity index (χ0n) is 17.0. The van der Waals surface area contributed by atoms with E-state index in [1.807, 2.05) is 37.3 Å². The van der Waals surface area contributed by atoms with Crippen LogP contribution in [0, 0.1) is 0 Å². The number of aliphatic hydroxyl groups is 1. The van der Waals surface area contributed by atoms with Crippen molar-refractivity contribution in [1.29, 1.82) is 0 Å². The average Bonchev–Trinajstić information content (AvgIpc) is 3.49. The smallest absolute Gasteiger partial charge is 0.287 e. The summed E-state index contributed by atoms with van der Waals surface area (Å²) in [6.45, 7) is 2.34. The molecule has 2 saturated heterocycles. The SMILES string of the molecule is CCSc1nc2c(=O)n3cc(-c4ccccc4)[nH]c3nc2n1C1OC2COPOC2C1O. The number of aromatic nitrogens is 5. The molecule has 4 aromatic rings. The molecule has 5 heterocycles. The third kappa shape index (κ3) is 3.12. The summed E-state index contributed by atoms with van der Waals surface area (Å²) in [4.78, 5) is 25.8. The first-order chi connectivity index (χ1) is 15.7. The highest BCUT2D eigenvalue weighted by Gasteiger charge is 2.48. The molecule has 1 aromatic carbocycles. The van der Waals surface area contributed by atoms with Crippen molar-refractivity contribution in [3.05, 3.63) is 46.9 Å². The third-order valence-electron chi connectivity index (χ3n) is 5.63. The van der Waals surface area contributed by atoms with Gasteiger partial charge in [-0.2, -0.15) is 4.98 Å². The molecular formula is C20H20N5O5PS. The van der Waals surface area contributed by atoms with Gasteiger partial charge in [0, 0.05) is 6.20 Å². The molecule has 166 valence electrons. The molecule has 5 atom stereocenters. The number of imidazole rings is 2. The van der Waals surface area contributed by atoms with E-state index in [1.165, 1.54) is 16.2 Å². The lowest BCUT2D eigenvalue weighted by Crippen LogP contribution is -2.37. The normalized spacial score (nSPS) is 26.3. The molecule has 0 radical (unpaired) electrons. The Bertz CT molecular complexity index is 1360. The highest BCUT2D eigenvalue weighted by atomic mass is 32.2. The van der Waals surface area contributed by atoms with E-state index >= 15 is 0 Å². The van der Waals surface area contributed by atoms with Gasteiger partial charge in [0.15, 0.2) is 31.6 Å². The Morgan fingerprint density at radius 2 is 2.16 bits per heavy atom. The monoisotopic (exact) mass is 473 g/mol. The van der Waals surface area contributed by atoms with Gasteiger partial charge in [0.05, 0.1) is 12.3 Å². The summed E-state index contributed by atoms with van der Waals surface area (Å²) in [5, 5.41) is 11.5. The van der Waals surface area contributed by atoms with Crippen molar-refractivity contribution in [2.45, 2.75) is 36.6 Å². The van der Waals surface area contributed by atoms with Gasteiger partial charge in [0.1, 0.15) is 18.3 Å². The largest absolute Gasteiger partial charge is 0.386 e. The molecule has 0 aliphatic carbocycles. The molecule has 2 aliphatic heterocycles. The van der Waals surface area contributed by atoms with Gasteiger partial charge in [-0.3, -0.25) is 9.36 Å². The Morgan fingerprint density at radius 3 is 2.94 bits per heavy atom. The predicted octanol–water partition coefficient (Wildman–Crippen LogP) is 2.33. The van der Waals surface area contributed by atoms with Crippen LogP contribution in [-0.2, 0) is 13.8 Å². The second-order valence-electron chi connectivity index (χ2n) is 7.55. The van der Waals surface area contributed by atoms with E-state index in [0.717, 1.165) is 17.0 Å². The Labute approximate surface area is 187 Å². The van der Waals surface area contributed by atoms with Crippen LogP contribution in [0.1, 0.15) is 13.2 Å². The van der Waals surface area contributed by atoms with Crippen molar-refractivity contribution in [3.63, 3.8) is 0 Å². The van der Waals surface area contributed by atoms with Crippen molar-refractivity contribution in [2.75, 3.05) is 12.4 Å². The van der Waals surface area contributed by atoms with E-state index in [4.69, 9.17) is 18.8 Å². The van der Waals surface area contributed by atoms with Crippen LogP contribution in [0.4, 0.5) is 0 Å². The van der Waals surface area contributed by atoms with E-state index in [0.29, 0.717) is 23.2 Å². The number of H-pyrrole nitrogens is 1. The van der Waals surface area contributed by atoms with Crippen LogP contribution < -0.4 is 5.56 Å². The van der Waals surface area contributed by atoms with Gasteiger partial charge in [0.25, 0.3) is 5.56 Å². The number of nitrogens with one attached hydrogen (secondary N) is 1. The number of aromatic amines is 1. The molecule has 0 saturated carbocycles. The molecule has 2 aliphatic rings. The molecule has 0 spiro atoms. The highest BCUT2D eigenvalue weighted by molar-refractivity contribution is 7.99. The molecule has 5 unspecified atom stereocenters. The minimum absolute atomic E-state index is 0.136. The van der Waals surface area contributed by atoms with E-state index in [2.05, 4.69) is 9.97 Å². The van der Waals surface area contributed by atoms with Gasteiger partial charge in [-0.15, -0.1) is 0 Å². The first-order valence-corrected chi connectivity index (χ1v) is 12.0. The Morgan fingerprint density at radius 1 is 1.31 bits per heavy atom. The number of hydrogen-bond donors (Lipinski definition) is 2. The lowest BCUT2D eigenvalue weighted by atomic mass is 10.1. The summed E-state index contributed by atoms with van der Waals surface area (Å²) in [6.07, 6.45) is -0.883. The van der Waals surface area contributed by atoms with Crippen LogP contribution in [0.2, 0.25) is 0 Å². The summed E-state index contributed by atoms with van der Waals surface area (Å²) in [5.41, 5.74) is 2.01. The number of hydrogen-bond acceptors (Lipinski definition) is 8. The Balaban J connectivity index is 1.53. The van der Waals surface area contributed by atoms with Gasteiger partial charge in [-0.1, -0.05) is 49.0 Å². The minimum Gasteiger partial charge on any atom is -0.386 e. The number of rotatable bonds is 4. The van der Waals surface area contributed by atoms with Crippen molar-refractivity contribution in [3.8, 4) is 11.3 Å². The molecular weight excluding hydrogens is 453 g/mol. The summed E-state index contributed by atoms with van der Waals surface area (Å²) >= 11 is 1.46. The summed E-state index contributed by atoms with van der Waals surface area (Å²) in [5.74, 6) is 1.12. The van der Waals surface area contributed by atoms with Crippen LogP contribution in [0.5, 0.6) is 0 Å². The average molecular weight is 473 g/mol. The number of fused-ring (bicyclic) bond motifs is 3. The van der Waals surface area contributed by atoms with E-state index in [1.54, 1.807) is 10.8 Å². The second kappa shape index (κ2) is 7.95. The highest BCUT2D eigenvalue weighted by Crippen LogP contribution is 2.41. The zero-order valence-corrected chi connectivity index (χ0v) is 18.8. The molecule has 0 bridgehead atoms. The molecule has 32 heavy (non-hydrogen) atoms. The molecule has 10 nitrogen and oxygen atoms in total. The standard InChI is InChI=1S/C20H20N5O5PS/c1-2-32-20-22-13-16(25(20)18-14(26)15-12(29-18)9-28-31-30-15)23-19-21-11(8-24(19)17(13)27)10-6-4-3-5-7-10/h3-8,12,14-15,18,26,31H,2,9H2,1H3,(H,21,23). The fraction of sp³-hybridized carbons (Fsp3) is 0.350. The maximum Gasteiger partial charge on any atom is 0.287 e. The third-order valence-corrected chi connectivity index (χ3v) is 7.12. The molecule has 6 rings (SSSR count). The molecule has 3 aromatic heterocycles. The van der Waals surface area contributed by atoms with Gasteiger partial charge in [0.2, 0.25) is 5.78 Å². The van der Waals surface area contributed by atoms with Crippen LogP contribution in [-0.4, -0.2) is 59.7 Å². The van der Waals surface area contributed by atoms with Gasteiger partial charge >= 0.3 is 0 Å². The summed E-state index contributed by atoms with van der Waals surface area (Å²) in [7, 11) is -0.136. The number of aliphatic hydroxyl groups excluding tert-OH is 1. The van der Waals surface area contributed by atoms with Crippen LogP contribution in [0.25, 0.3) is 28.2 Å². The van der Waals surface area contributed by atoms with Crippen molar-refractivity contribution in [1.82, 2.24) is 23.9 Å². The van der Waals surface area contributed by atoms with E-state index in [-0.39, 0.29) is 20.1 Å². The van der Waals surface area contributed by atoms with Gasteiger partial charge in [-0.05, 0) is 11.3 Å². The van der Waals surface area contributed by atoms with E-state index in [9.17, 15) is 9.90 Å². The molecule has 2 fully saturated rings. The topological polar surface area (TPSA) is 116 Å². The number of ether oxygens (including phenoxy) is 1. The summed E-state index contributed by atoms with van der Waals surface area (Å²) in [6, 6.07) is 9.71. The molecule has 12 heteroatoms. The molecule has 2 N–H and O–H groups in total. The predicted molar refractivity (Wildman–Crippen MR) is 120 cm³/mol. The number of nitrogens with zero attached hydrogens (tertiary/aromatic N) is 4. The maximum atomic E-state index is 13.3. The van der Waals surface area contributed by atoms with Crippen molar-refractivity contribution < 1.29 is 18.9 Å². The zero-order chi connectivity index (χ0) is 21.8. The quantitative estimate of drug-likeness (QED) is 0.343. The first kappa shape index (κ1) is 20.3. The lowest BCUT2D eigenvalue weighted by molar-refractivity contribution is -0.0553. The second-order valence-corrected chi connectivity index (χ2v) is 9.47. The van der Waals surface area contributed by atoms with Crippen molar-refractivity contribution >= 4 is 37.7 Å². The van der Waals surface area contributed by atoms with Crippen LogP contribution in [0.3, 0.4) is 0 Å². The minimum atomic E-state index is -0.936. The lowest BCUT2D eigenvalue weighted by Gasteiger charge is -2.24. The fourth-order valence-electron chi connectivity index (χ4n) is 4.15. The first-order valence-electron chi connectivity index (χ1n) is 10.2.